The Hall–Kier alpha value is -1.53. The van der Waals surface area contributed by atoms with E-state index in [1.54, 1.807) is 11.8 Å². The second-order valence-electron chi connectivity index (χ2n) is 6.46. The van der Waals surface area contributed by atoms with Crippen LogP contribution in [0, 0.1) is 0 Å². The Bertz CT molecular complexity index is 586. The van der Waals surface area contributed by atoms with E-state index in [-0.39, 0.29) is 12.3 Å². The van der Waals surface area contributed by atoms with Gasteiger partial charge in [0.1, 0.15) is 0 Å². The smallest absolute Gasteiger partial charge is 0.306 e. The minimum absolute atomic E-state index is 0.0530. The molecular formula is C18H23NO4S. The van der Waals surface area contributed by atoms with E-state index in [2.05, 4.69) is 0 Å². The van der Waals surface area contributed by atoms with Crippen LogP contribution in [0.15, 0.2) is 35.2 Å². The molecule has 1 N–H and O–H groups in total. The van der Waals surface area contributed by atoms with Crippen LogP contribution in [0.2, 0.25) is 0 Å². The maximum atomic E-state index is 13.3. The zero-order valence-corrected chi connectivity index (χ0v) is 14.5. The first-order valence-electron chi connectivity index (χ1n) is 8.46. The van der Waals surface area contributed by atoms with Gasteiger partial charge < -0.3 is 14.7 Å². The molecule has 1 aliphatic heterocycles. The molecule has 1 aliphatic carbocycles. The van der Waals surface area contributed by atoms with Crippen molar-refractivity contribution in [2.75, 3.05) is 19.7 Å². The number of carbonyl (C=O) groups excluding carboxylic acids is 1. The molecule has 130 valence electrons. The van der Waals surface area contributed by atoms with Crippen LogP contribution in [0.1, 0.15) is 32.1 Å². The molecule has 2 aliphatic rings. The molecule has 1 saturated carbocycles. The van der Waals surface area contributed by atoms with E-state index in [0.29, 0.717) is 19.7 Å². The first-order valence-corrected chi connectivity index (χ1v) is 9.27. The second-order valence-corrected chi connectivity index (χ2v) is 7.92. The molecule has 1 saturated heterocycles. The second kappa shape index (κ2) is 7.57. The van der Waals surface area contributed by atoms with E-state index in [1.165, 1.54) is 0 Å². The molecule has 5 nitrogen and oxygen atoms in total. The van der Waals surface area contributed by atoms with E-state index in [1.807, 2.05) is 35.2 Å². The molecule has 1 unspecified atom stereocenters. The van der Waals surface area contributed by atoms with Gasteiger partial charge in [0.25, 0.3) is 0 Å². The van der Waals surface area contributed by atoms with Gasteiger partial charge in [-0.1, -0.05) is 31.0 Å². The van der Waals surface area contributed by atoms with Gasteiger partial charge in [0.15, 0.2) is 0 Å². The van der Waals surface area contributed by atoms with Crippen molar-refractivity contribution in [3.8, 4) is 0 Å². The van der Waals surface area contributed by atoms with Gasteiger partial charge in [-0.05, 0) is 25.0 Å². The summed E-state index contributed by atoms with van der Waals surface area (Å²) >= 11 is 1.67. The molecule has 0 bridgehead atoms. The molecule has 1 aromatic carbocycles. The third-order valence-electron chi connectivity index (χ3n) is 4.69. The monoisotopic (exact) mass is 349 g/mol. The highest BCUT2D eigenvalue weighted by atomic mass is 32.2. The summed E-state index contributed by atoms with van der Waals surface area (Å²) in [7, 11) is 0. The Labute approximate surface area is 146 Å². The lowest BCUT2D eigenvalue weighted by Crippen LogP contribution is -2.52. The minimum Gasteiger partial charge on any atom is -0.481 e. The zero-order valence-electron chi connectivity index (χ0n) is 13.6. The summed E-state index contributed by atoms with van der Waals surface area (Å²) in [6.07, 6.45) is 3.44. The Morgan fingerprint density at radius 2 is 1.96 bits per heavy atom. The number of thioether (sulfide) groups is 1. The number of nitrogens with zero attached hydrogens (tertiary/aromatic N) is 1. The molecule has 6 heteroatoms. The van der Waals surface area contributed by atoms with Gasteiger partial charge in [-0.15, -0.1) is 11.8 Å². The fourth-order valence-electron chi connectivity index (χ4n) is 3.53. The number of hydrogen-bond acceptors (Lipinski definition) is 4. The fourth-order valence-corrected chi connectivity index (χ4v) is 4.98. The van der Waals surface area contributed by atoms with Gasteiger partial charge in [-0.25, -0.2) is 0 Å². The Morgan fingerprint density at radius 1 is 1.25 bits per heavy atom. The lowest BCUT2D eigenvalue weighted by Gasteiger charge is -2.38. The fraction of sp³-hybridized carbons (Fsp3) is 0.556. The summed E-state index contributed by atoms with van der Waals surface area (Å²) in [5.41, 5.74) is 0. The largest absolute Gasteiger partial charge is 0.481 e. The van der Waals surface area contributed by atoms with Gasteiger partial charge in [0.05, 0.1) is 23.9 Å². The summed E-state index contributed by atoms with van der Waals surface area (Å²) in [6.45, 7) is 1.34. The van der Waals surface area contributed by atoms with Crippen molar-refractivity contribution in [2.24, 2.45) is 0 Å². The predicted molar refractivity (Wildman–Crippen MR) is 92.1 cm³/mol. The highest BCUT2D eigenvalue weighted by molar-refractivity contribution is 8.01. The van der Waals surface area contributed by atoms with Gasteiger partial charge in [0.2, 0.25) is 5.91 Å². The van der Waals surface area contributed by atoms with Gasteiger partial charge in [0, 0.05) is 18.0 Å². The van der Waals surface area contributed by atoms with E-state index < -0.39 is 16.8 Å². The van der Waals surface area contributed by atoms with Crippen molar-refractivity contribution in [1.29, 1.82) is 0 Å². The molecule has 3 rings (SSSR count). The topological polar surface area (TPSA) is 66.8 Å². The first kappa shape index (κ1) is 17.3. The van der Waals surface area contributed by atoms with Crippen molar-refractivity contribution in [1.82, 2.24) is 4.90 Å². The number of hydrogen-bond donors (Lipinski definition) is 1. The minimum atomic E-state index is -0.886. The summed E-state index contributed by atoms with van der Waals surface area (Å²) in [5, 5.41) is 8.96. The summed E-state index contributed by atoms with van der Waals surface area (Å²) in [5.74, 6) is -0.740. The van der Waals surface area contributed by atoms with Gasteiger partial charge in [-0.2, -0.15) is 0 Å². The molecule has 1 aromatic rings. The SMILES string of the molecule is O=C(O)CC1CN(C(=O)C2(Sc3ccccc3)CCCC2)CCO1. The molecule has 2 fully saturated rings. The van der Waals surface area contributed by atoms with Crippen LogP contribution in [0.5, 0.6) is 0 Å². The summed E-state index contributed by atoms with van der Waals surface area (Å²) in [6, 6.07) is 10.1. The number of morpholine rings is 1. The standard InChI is InChI=1S/C18H23NO4S/c20-16(21)12-14-13-19(10-11-23-14)17(22)18(8-4-5-9-18)24-15-6-2-1-3-7-15/h1-3,6-7,14H,4-5,8-13H2,(H,20,21). The Morgan fingerprint density at radius 3 is 2.62 bits per heavy atom. The maximum Gasteiger partial charge on any atom is 0.306 e. The number of carboxylic acid groups (broad SMARTS) is 1. The number of benzene rings is 1. The van der Waals surface area contributed by atoms with Crippen molar-refractivity contribution < 1.29 is 19.4 Å². The van der Waals surface area contributed by atoms with E-state index in [0.717, 1.165) is 30.6 Å². The number of aliphatic carboxylic acids is 1. The highest BCUT2D eigenvalue weighted by Crippen LogP contribution is 2.46. The molecule has 0 spiro atoms. The number of carbonyl (C=O) groups is 2. The lowest BCUT2D eigenvalue weighted by molar-refractivity contribution is -0.148. The molecular weight excluding hydrogens is 326 g/mol. The first-order chi connectivity index (χ1) is 11.6. The normalized spacial score (nSPS) is 23.2. The van der Waals surface area contributed by atoms with E-state index in [4.69, 9.17) is 9.84 Å². The molecule has 0 radical (unpaired) electrons. The predicted octanol–water partition coefficient (Wildman–Crippen LogP) is 2.79. The van der Waals surface area contributed by atoms with Crippen LogP contribution in [-0.4, -0.2) is 52.4 Å². The van der Waals surface area contributed by atoms with Gasteiger partial charge >= 0.3 is 5.97 Å². The van der Waals surface area contributed by atoms with E-state index >= 15 is 0 Å². The van der Waals surface area contributed by atoms with Crippen LogP contribution >= 0.6 is 11.8 Å². The average Bonchev–Trinajstić information content (AvgIpc) is 3.04. The number of amides is 1. The molecule has 1 atom stereocenters. The number of ether oxygens (including phenoxy) is 1. The summed E-state index contributed by atoms with van der Waals surface area (Å²) < 4.78 is 5.09. The van der Waals surface area contributed by atoms with Crippen LogP contribution in [0.3, 0.4) is 0 Å². The number of rotatable bonds is 5. The molecule has 1 heterocycles. The summed E-state index contributed by atoms with van der Waals surface area (Å²) in [4.78, 5) is 27.1. The number of carboxylic acids is 1. The maximum absolute atomic E-state index is 13.3. The quantitative estimate of drug-likeness (QED) is 0.885. The Balaban J connectivity index is 1.73. The van der Waals surface area contributed by atoms with Gasteiger partial charge in [-0.3, -0.25) is 9.59 Å². The molecule has 1 amide bonds. The van der Waals surface area contributed by atoms with E-state index in [9.17, 15) is 9.59 Å². The lowest BCUT2D eigenvalue weighted by atomic mass is 10.0. The zero-order chi connectivity index (χ0) is 17.0. The average molecular weight is 349 g/mol. The third kappa shape index (κ3) is 3.92. The van der Waals surface area contributed by atoms with Crippen molar-refractivity contribution in [3.63, 3.8) is 0 Å². The van der Waals surface area contributed by atoms with Crippen molar-refractivity contribution in [2.45, 2.75) is 47.9 Å². The molecule has 0 aromatic heterocycles. The highest BCUT2D eigenvalue weighted by Gasteiger charge is 2.45. The molecule has 24 heavy (non-hydrogen) atoms. The van der Waals surface area contributed by atoms with Crippen LogP contribution in [-0.2, 0) is 14.3 Å². The van der Waals surface area contributed by atoms with Crippen LogP contribution < -0.4 is 0 Å². The Kier molecular flexibility index (Phi) is 5.46. The van der Waals surface area contributed by atoms with Crippen LogP contribution in [0.25, 0.3) is 0 Å². The van der Waals surface area contributed by atoms with Crippen molar-refractivity contribution in [3.05, 3.63) is 30.3 Å². The third-order valence-corrected chi connectivity index (χ3v) is 6.17. The van der Waals surface area contributed by atoms with Crippen molar-refractivity contribution >= 4 is 23.6 Å². The van der Waals surface area contributed by atoms with Crippen LogP contribution in [0.4, 0.5) is 0 Å².